The average molecular weight is 361 g/mol. The van der Waals surface area contributed by atoms with Crippen molar-refractivity contribution in [2.75, 3.05) is 5.32 Å². The van der Waals surface area contributed by atoms with Crippen molar-refractivity contribution in [3.63, 3.8) is 0 Å². The summed E-state index contributed by atoms with van der Waals surface area (Å²) in [7, 11) is 0. The van der Waals surface area contributed by atoms with E-state index in [4.69, 9.17) is 4.98 Å². The molecular formula is C24H28N2O. The van der Waals surface area contributed by atoms with Gasteiger partial charge in [-0.05, 0) is 106 Å². The first kappa shape index (κ1) is 17.0. The Kier molecular flexibility index (Phi) is 3.89. The van der Waals surface area contributed by atoms with E-state index < -0.39 is 0 Å². The van der Waals surface area contributed by atoms with Gasteiger partial charge in [-0.25, -0.2) is 0 Å². The van der Waals surface area contributed by atoms with Crippen LogP contribution in [-0.4, -0.2) is 10.9 Å². The highest BCUT2D eigenvalue weighted by Gasteiger charge is 2.52. The molecule has 0 aliphatic heterocycles. The van der Waals surface area contributed by atoms with Crippen molar-refractivity contribution in [3.8, 4) is 0 Å². The van der Waals surface area contributed by atoms with E-state index in [2.05, 4.69) is 31.3 Å². The fourth-order valence-corrected chi connectivity index (χ4v) is 6.54. The maximum absolute atomic E-state index is 12.9. The highest BCUT2D eigenvalue weighted by molar-refractivity contribution is 6.04. The summed E-state index contributed by atoms with van der Waals surface area (Å²) >= 11 is 0. The Hall–Kier alpha value is -2.16. The van der Waals surface area contributed by atoms with Gasteiger partial charge in [0.1, 0.15) is 0 Å². The van der Waals surface area contributed by atoms with Gasteiger partial charge in [-0.2, -0.15) is 0 Å². The summed E-state index contributed by atoms with van der Waals surface area (Å²) in [5.41, 5.74) is 5.31. The molecule has 6 rings (SSSR count). The van der Waals surface area contributed by atoms with Crippen LogP contribution in [0, 0.1) is 31.6 Å². The molecule has 0 radical (unpaired) electrons. The zero-order valence-corrected chi connectivity index (χ0v) is 16.3. The van der Waals surface area contributed by atoms with Crippen LogP contribution >= 0.6 is 0 Å². The summed E-state index contributed by atoms with van der Waals surface area (Å²) in [6.07, 6.45) is 9.92. The molecular weight excluding hydrogens is 332 g/mol. The summed E-state index contributed by atoms with van der Waals surface area (Å²) in [5.74, 6) is 2.61. The van der Waals surface area contributed by atoms with Crippen molar-refractivity contribution in [1.82, 2.24) is 4.98 Å². The fourth-order valence-electron chi connectivity index (χ4n) is 6.54. The summed E-state index contributed by atoms with van der Waals surface area (Å²) in [6.45, 7) is 4.11. The van der Waals surface area contributed by atoms with E-state index in [1.54, 1.807) is 0 Å². The number of anilines is 1. The highest BCUT2D eigenvalue weighted by atomic mass is 16.1. The second-order valence-corrected chi connectivity index (χ2v) is 9.46. The maximum Gasteiger partial charge on any atom is 0.255 e. The summed E-state index contributed by atoms with van der Waals surface area (Å²) < 4.78 is 0. The molecule has 1 aromatic carbocycles. The summed E-state index contributed by atoms with van der Waals surface area (Å²) in [4.78, 5) is 17.6. The van der Waals surface area contributed by atoms with Crippen LogP contribution in [0.3, 0.4) is 0 Å². The van der Waals surface area contributed by atoms with Gasteiger partial charge in [0.05, 0.1) is 0 Å². The monoisotopic (exact) mass is 360 g/mol. The molecule has 4 aliphatic carbocycles. The number of nitrogens with one attached hydrogen (secondary N) is 1. The van der Waals surface area contributed by atoms with Gasteiger partial charge >= 0.3 is 0 Å². The van der Waals surface area contributed by atoms with Crippen LogP contribution in [0.5, 0.6) is 0 Å². The van der Waals surface area contributed by atoms with Crippen molar-refractivity contribution >= 4 is 11.6 Å². The number of carbonyl (C=O) groups is 1. The summed E-state index contributed by atoms with van der Waals surface area (Å²) in [6, 6.07) is 10.1. The second kappa shape index (κ2) is 6.19. The lowest BCUT2D eigenvalue weighted by atomic mass is 9.48. The molecule has 4 bridgehead atoms. The largest absolute Gasteiger partial charge is 0.322 e. The van der Waals surface area contributed by atoms with Crippen molar-refractivity contribution in [1.29, 1.82) is 0 Å². The molecule has 0 spiro atoms. The molecule has 2 aromatic rings. The molecule has 1 aromatic heterocycles. The van der Waals surface area contributed by atoms with E-state index in [9.17, 15) is 4.79 Å². The minimum atomic E-state index is -0.0339. The van der Waals surface area contributed by atoms with Crippen molar-refractivity contribution in [3.05, 3.63) is 58.9 Å². The number of nitrogens with zero attached hydrogens (tertiary/aromatic N) is 1. The minimum absolute atomic E-state index is 0.0339. The van der Waals surface area contributed by atoms with Gasteiger partial charge in [-0.3, -0.25) is 9.78 Å². The Morgan fingerprint density at radius 2 is 1.56 bits per heavy atom. The van der Waals surface area contributed by atoms with Gasteiger partial charge < -0.3 is 5.32 Å². The first-order valence-corrected chi connectivity index (χ1v) is 10.4. The van der Waals surface area contributed by atoms with Crippen LogP contribution in [0.25, 0.3) is 0 Å². The normalized spacial score (nSPS) is 31.1. The molecule has 0 atom stereocenters. The lowest BCUT2D eigenvalue weighted by Gasteiger charge is -2.56. The van der Waals surface area contributed by atoms with E-state index in [1.165, 1.54) is 38.5 Å². The fraction of sp³-hybridized carbons (Fsp3) is 0.500. The molecule has 140 valence electrons. The van der Waals surface area contributed by atoms with Crippen molar-refractivity contribution in [2.24, 2.45) is 17.8 Å². The van der Waals surface area contributed by atoms with Crippen LogP contribution in [0.15, 0.2) is 36.5 Å². The molecule has 1 heterocycles. The molecule has 4 saturated carbocycles. The van der Waals surface area contributed by atoms with Gasteiger partial charge in [-0.15, -0.1) is 0 Å². The summed E-state index contributed by atoms with van der Waals surface area (Å²) in [5, 5.41) is 3.07. The van der Waals surface area contributed by atoms with Gasteiger partial charge in [0.2, 0.25) is 0 Å². The average Bonchev–Trinajstić information content (AvgIpc) is 2.60. The zero-order chi connectivity index (χ0) is 18.6. The Balaban J connectivity index is 1.41. The predicted octanol–water partition coefficient (Wildman–Crippen LogP) is 5.42. The van der Waals surface area contributed by atoms with Gasteiger partial charge in [0.15, 0.2) is 0 Å². The number of hydrogen-bond donors (Lipinski definition) is 1. The van der Waals surface area contributed by atoms with E-state index in [1.807, 2.05) is 24.4 Å². The van der Waals surface area contributed by atoms with E-state index in [0.717, 1.165) is 45.8 Å². The number of aryl methyl sites for hydroxylation is 2. The van der Waals surface area contributed by atoms with Crippen LogP contribution in [0.2, 0.25) is 0 Å². The Bertz CT molecular complexity index is 845. The first-order valence-electron chi connectivity index (χ1n) is 10.4. The molecule has 1 amide bonds. The van der Waals surface area contributed by atoms with Crippen LogP contribution in [0.4, 0.5) is 5.69 Å². The van der Waals surface area contributed by atoms with Crippen LogP contribution in [0.1, 0.15) is 65.7 Å². The maximum atomic E-state index is 12.9. The quantitative estimate of drug-likeness (QED) is 0.794. The Labute approximate surface area is 161 Å². The smallest absolute Gasteiger partial charge is 0.255 e. The molecule has 4 aliphatic rings. The molecule has 4 fully saturated rings. The number of rotatable bonds is 3. The van der Waals surface area contributed by atoms with E-state index in [0.29, 0.717) is 0 Å². The number of aromatic nitrogens is 1. The third kappa shape index (κ3) is 3.07. The number of hydrogen-bond acceptors (Lipinski definition) is 2. The SMILES string of the molecule is Cc1cc(C)cc(NC(=O)c2ccnc(C34CC5CC(CC(C5)C3)C4)c2)c1. The zero-order valence-electron chi connectivity index (χ0n) is 16.3. The third-order valence-corrected chi connectivity index (χ3v) is 7.08. The molecule has 3 nitrogen and oxygen atoms in total. The molecule has 3 heteroatoms. The van der Waals surface area contributed by atoms with E-state index in [-0.39, 0.29) is 11.3 Å². The second-order valence-electron chi connectivity index (χ2n) is 9.46. The Morgan fingerprint density at radius 3 is 2.15 bits per heavy atom. The lowest BCUT2D eigenvalue weighted by Crippen LogP contribution is -2.49. The number of amides is 1. The molecule has 27 heavy (non-hydrogen) atoms. The molecule has 0 unspecified atom stereocenters. The van der Waals surface area contributed by atoms with Gasteiger partial charge in [0.25, 0.3) is 5.91 Å². The number of carbonyl (C=O) groups excluding carboxylic acids is 1. The predicted molar refractivity (Wildman–Crippen MR) is 108 cm³/mol. The third-order valence-electron chi connectivity index (χ3n) is 7.08. The van der Waals surface area contributed by atoms with Crippen molar-refractivity contribution < 1.29 is 4.79 Å². The van der Waals surface area contributed by atoms with E-state index >= 15 is 0 Å². The lowest BCUT2D eigenvalue weighted by molar-refractivity contribution is -0.00721. The molecule has 1 N–H and O–H groups in total. The minimum Gasteiger partial charge on any atom is -0.322 e. The topological polar surface area (TPSA) is 42.0 Å². The van der Waals surface area contributed by atoms with Gasteiger partial charge in [-0.1, -0.05) is 6.07 Å². The van der Waals surface area contributed by atoms with Crippen LogP contribution in [-0.2, 0) is 5.41 Å². The van der Waals surface area contributed by atoms with Gasteiger partial charge in [0, 0.05) is 28.6 Å². The van der Waals surface area contributed by atoms with Crippen LogP contribution < -0.4 is 5.32 Å². The standard InChI is InChI=1S/C24H28N2O/c1-15-5-16(2)7-21(6-15)26-23(27)20-3-4-25-22(11-20)24-12-17-8-18(13-24)10-19(9-17)14-24/h3-7,11,17-19H,8-10,12-14H2,1-2H3,(H,26,27). The number of pyridine rings is 1. The Morgan fingerprint density at radius 1 is 0.963 bits per heavy atom. The highest BCUT2D eigenvalue weighted by Crippen LogP contribution is 2.60. The van der Waals surface area contributed by atoms with Crippen molar-refractivity contribution in [2.45, 2.75) is 57.8 Å². The molecule has 0 saturated heterocycles. The first-order chi connectivity index (χ1) is 13.0. The number of benzene rings is 1.